The number of nitrogens with zero attached hydrogens (tertiary/aromatic N) is 2. The Hall–Kier alpha value is -2.80. The highest BCUT2D eigenvalue weighted by Crippen LogP contribution is 2.26. The van der Waals surface area contributed by atoms with Crippen LogP contribution in [0.5, 0.6) is 11.5 Å². The van der Waals surface area contributed by atoms with Crippen molar-refractivity contribution in [3.63, 3.8) is 0 Å². The fraction of sp³-hybridized carbons (Fsp3) is 0.517. The van der Waals surface area contributed by atoms with E-state index in [0.29, 0.717) is 49.0 Å². The third kappa shape index (κ3) is 13.6. The number of amides is 1. The lowest BCUT2D eigenvalue weighted by molar-refractivity contribution is -0.134. The molecule has 230 valence electrons. The van der Waals surface area contributed by atoms with E-state index in [2.05, 4.69) is 0 Å². The second-order valence-corrected chi connectivity index (χ2v) is 12.8. The number of hydrogen-bond donors (Lipinski definition) is 1. The maximum Gasteiger partial charge on any atom is 0.300 e. The smallest absolute Gasteiger partial charge is 0.300 e. The molecule has 12 heteroatoms. The number of carboxylic acid groups (broad SMARTS) is 1. The first-order chi connectivity index (χ1) is 19.4. The van der Waals surface area contributed by atoms with Crippen LogP contribution >= 0.6 is 0 Å². The number of carbonyl (C=O) groups is 2. The second-order valence-electron chi connectivity index (χ2n) is 9.31. The van der Waals surface area contributed by atoms with Crippen LogP contribution in [0.4, 0.5) is 0 Å². The first kappa shape index (κ1) is 36.2. The molecule has 1 N–H and O–H groups in total. The van der Waals surface area contributed by atoms with Crippen molar-refractivity contribution in [2.24, 2.45) is 0 Å². The van der Waals surface area contributed by atoms with Crippen molar-refractivity contribution in [2.75, 3.05) is 40.1 Å². The van der Waals surface area contributed by atoms with Gasteiger partial charge in [-0.2, -0.15) is 0 Å². The molecule has 1 aliphatic heterocycles. The molecule has 0 radical (unpaired) electrons. The van der Waals surface area contributed by atoms with E-state index in [1.54, 1.807) is 55.4 Å². The van der Waals surface area contributed by atoms with Gasteiger partial charge in [-0.05, 0) is 74.2 Å². The molecule has 0 bridgehead atoms. The van der Waals surface area contributed by atoms with E-state index < -0.39 is 26.8 Å². The van der Waals surface area contributed by atoms with Crippen molar-refractivity contribution in [2.45, 2.75) is 68.7 Å². The fourth-order valence-electron chi connectivity index (χ4n) is 3.84. The maximum atomic E-state index is 13.6. The van der Waals surface area contributed by atoms with Gasteiger partial charge >= 0.3 is 0 Å². The molecule has 1 amide bonds. The molecule has 0 spiro atoms. The average molecular weight is 613 g/mol. The molecular weight excluding hydrogens is 568 g/mol. The van der Waals surface area contributed by atoms with Crippen molar-refractivity contribution in [3.8, 4) is 11.5 Å². The molecule has 1 heterocycles. The molecule has 2 unspecified atom stereocenters. The van der Waals surface area contributed by atoms with Crippen molar-refractivity contribution in [3.05, 3.63) is 48.5 Å². The third-order valence-electron chi connectivity index (χ3n) is 5.82. The summed E-state index contributed by atoms with van der Waals surface area (Å²) in [7, 11) is -1.17. The van der Waals surface area contributed by atoms with Crippen molar-refractivity contribution < 1.29 is 36.8 Å². The Morgan fingerprint density at radius 2 is 1.54 bits per heavy atom. The zero-order valence-electron chi connectivity index (χ0n) is 24.9. The highest BCUT2D eigenvalue weighted by Gasteiger charge is 2.26. The Morgan fingerprint density at radius 1 is 1.00 bits per heavy atom. The first-order valence-corrected chi connectivity index (χ1v) is 16.6. The number of ether oxygens (including phenoxy) is 2. The summed E-state index contributed by atoms with van der Waals surface area (Å²) in [6.07, 6.45) is 4.82. The van der Waals surface area contributed by atoms with Gasteiger partial charge in [-0.25, -0.2) is 16.9 Å². The monoisotopic (exact) mass is 612 g/mol. The molecule has 3 rings (SSSR count). The van der Waals surface area contributed by atoms with Gasteiger partial charge in [0.2, 0.25) is 5.91 Å². The SMILES string of the molecule is CC.CC(=O)O.CN(C)C(=O)CCCN(C1CCCOCC1)S(=O)c1ccc(Oc2ccc(S(C)(=O)=O)cc2)cc1. The molecule has 10 nitrogen and oxygen atoms in total. The summed E-state index contributed by atoms with van der Waals surface area (Å²) in [6, 6.07) is 13.4. The van der Waals surface area contributed by atoms with E-state index >= 15 is 0 Å². The van der Waals surface area contributed by atoms with E-state index in [1.807, 2.05) is 18.2 Å². The molecule has 1 fully saturated rings. The second kappa shape index (κ2) is 18.6. The summed E-state index contributed by atoms with van der Waals surface area (Å²) >= 11 is 0. The van der Waals surface area contributed by atoms with Crippen LogP contribution in [-0.2, 0) is 35.1 Å². The van der Waals surface area contributed by atoms with Gasteiger partial charge in [0.15, 0.2) is 9.84 Å². The predicted octanol–water partition coefficient (Wildman–Crippen LogP) is 4.76. The van der Waals surface area contributed by atoms with E-state index in [1.165, 1.54) is 12.1 Å². The third-order valence-corrected chi connectivity index (χ3v) is 8.53. The van der Waals surface area contributed by atoms with E-state index in [9.17, 15) is 17.4 Å². The standard InChI is InChI=1S/C25H34N2O6S2.C2H4O2.C2H6/c1-26(2)25(28)7-4-17-27(20-6-5-18-32-19-16-20)34(29)23-12-8-21(9-13-23)33-22-10-14-24(15-11-22)35(3,30)31;1-2(3)4;1-2/h8-15,20H,4-7,16-19H2,1-3H3;1H3,(H,3,4);1-2H3. The summed E-state index contributed by atoms with van der Waals surface area (Å²) in [5, 5.41) is 7.42. The van der Waals surface area contributed by atoms with E-state index in [4.69, 9.17) is 19.4 Å². The molecule has 0 saturated carbocycles. The molecule has 1 aliphatic rings. The molecule has 1 saturated heterocycles. The zero-order chi connectivity index (χ0) is 31.0. The first-order valence-electron chi connectivity index (χ1n) is 13.6. The molecular formula is C29H44N2O8S2. The van der Waals surface area contributed by atoms with Crippen LogP contribution in [0.1, 0.15) is 52.9 Å². The minimum Gasteiger partial charge on any atom is -0.481 e. The summed E-state index contributed by atoms with van der Waals surface area (Å²) < 4.78 is 50.2. The van der Waals surface area contributed by atoms with Gasteiger partial charge in [0.25, 0.3) is 5.97 Å². The van der Waals surface area contributed by atoms with Gasteiger partial charge < -0.3 is 19.5 Å². The normalized spacial score (nSPS) is 15.7. The van der Waals surface area contributed by atoms with Crippen molar-refractivity contribution >= 4 is 32.7 Å². The highest BCUT2D eigenvalue weighted by atomic mass is 32.2. The van der Waals surface area contributed by atoms with Gasteiger partial charge in [-0.1, -0.05) is 13.8 Å². The molecule has 2 aromatic carbocycles. The topological polar surface area (TPSA) is 131 Å². The Kier molecular flexibility index (Phi) is 16.4. The van der Waals surface area contributed by atoms with E-state index in [-0.39, 0.29) is 16.8 Å². The van der Waals surface area contributed by atoms with Crippen LogP contribution in [0.2, 0.25) is 0 Å². The minimum atomic E-state index is -3.27. The van der Waals surface area contributed by atoms with Gasteiger partial charge in [0.05, 0.1) is 9.79 Å². The predicted molar refractivity (Wildman–Crippen MR) is 160 cm³/mol. The fourth-order valence-corrected chi connectivity index (χ4v) is 5.88. The Labute approximate surface area is 247 Å². The van der Waals surface area contributed by atoms with Crippen LogP contribution in [-0.4, -0.2) is 85.0 Å². The Balaban J connectivity index is 0.00000129. The van der Waals surface area contributed by atoms with E-state index in [0.717, 1.165) is 32.4 Å². The number of carboxylic acids is 1. The quantitative estimate of drug-likeness (QED) is 0.406. The number of aliphatic carboxylic acids is 1. The number of sulfone groups is 1. The number of carbonyl (C=O) groups excluding carboxylic acids is 1. The summed E-state index contributed by atoms with van der Waals surface area (Å²) in [5.41, 5.74) is 0. The van der Waals surface area contributed by atoms with Crippen molar-refractivity contribution in [1.82, 2.24) is 9.21 Å². The van der Waals surface area contributed by atoms with Gasteiger partial charge in [-0.3, -0.25) is 9.59 Å². The lowest BCUT2D eigenvalue weighted by Gasteiger charge is -2.29. The largest absolute Gasteiger partial charge is 0.481 e. The molecule has 0 aromatic heterocycles. The zero-order valence-corrected chi connectivity index (χ0v) is 26.5. The Bertz CT molecular complexity index is 1190. The lowest BCUT2D eigenvalue weighted by Crippen LogP contribution is -2.38. The van der Waals surface area contributed by atoms with Crippen LogP contribution in [0.15, 0.2) is 58.3 Å². The van der Waals surface area contributed by atoms with Crippen LogP contribution in [0.25, 0.3) is 0 Å². The lowest BCUT2D eigenvalue weighted by atomic mass is 10.1. The van der Waals surface area contributed by atoms with Crippen LogP contribution in [0, 0.1) is 0 Å². The summed E-state index contributed by atoms with van der Waals surface area (Å²) in [6.45, 7) is 7.00. The van der Waals surface area contributed by atoms with Crippen molar-refractivity contribution in [1.29, 1.82) is 0 Å². The Morgan fingerprint density at radius 3 is 2.05 bits per heavy atom. The average Bonchev–Trinajstić information content (AvgIpc) is 3.21. The highest BCUT2D eigenvalue weighted by molar-refractivity contribution is 7.90. The molecule has 2 atom stereocenters. The minimum absolute atomic E-state index is 0.0611. The number of benzene rings is 2. The molecule has 0 aliphatic carbocycles. The maximum absolute atomic E-state index is 13.6. The van der Waals surface area contributed by atoms with Crippen LogP contribution in [0.3, 0.4) is 0 Å². The summed E-state index contributed by atoms with van der Waals surface area (Å²) in [5.74, 6) is 0.298. The van der Waals surface area contributed by atoms with Gasteiger partial charge in [-0.15, -0.1) is 0 Å². The number of hydrogen-bond acceptors (Lipinski definition) is 7. The van der Waals surface area contributed by atoms with Crippen LogP contribution < -0.4 is 4.74 Å². The van der Waals surface area contributed by atoms with Gasteiger partial charge in [0.1, 0.15) is 22.5 Å². The summed E-state index contributed by atoms with van der Waals surface area (Å²) in [4.78, 5) is 23.5. The van der Waals surface area contributed by atoms with Gasteiger partial charge in [0, 0.05) is 59.5 Å². The number of rotatable bonds is 10. The molecule has 41 heavy (non-hydrogen) atoms. The molecule has 2 aromatic rings.